The maximum atomic E-state index is 13.2. The Balaban J connectivity index is 1.92. The molecule has 0 N–H and O–H groups in total. The third-order valence-electron chi connectivity index (χ3n) is 5.13. The van der Waals surface area contributed by atoms with E-state index in [9.17, 15) is 31.1 Å². The average molecular weight is 503 g/mol. The topological polar surface area (TPSA) is 25.2 Å². The van der Waals surface area contributed by atoms with Crippen LogP contribution in [0.5, 0.6) is 0 Å². The van der Waals surface area contributed by atoms with Gasteiger partial charge in [-0.2, -0.15) is 26.3 Å². The molecule has 3 rings (SSSR count). The van der Waals surface area contributed by atoms with Gasteiger partial charge >= 0.3 is 12.4 Å². The molecule has 0 aliphatic rings. The molecule has 0 saturated heterocycles. The van der Waals surface area contributed by atoms with E-state index >= 15 is 0 Å². The monoisotopic (exact) mass is 502 g/mol. The molecule has 0 fully saturated rings. The third kappa shape index (κ3) is 6.34. The van der Waals surface area contributed by atoms with Crippen LogP contribution in [0.1, 0.15) is 46.1 Å². The normalized spacial score (nSPS) is 12.1. The summed E-state index contributed by atoms with van der Waals surface area (Å²) in [5.41, 5.74) is -2.14. The fourth-order valence-corrected chi connectivity index (χ4v) is 3.77. The van der Waals surface area contributed by atoms with Gasteiger partial charge in [-0.1, -0.05) is 30.7 Å². The summed E-state index contributed by atoms with van der Waals surface area (Å²) in [6, 6.07) is 11.6. The van der Waals surface area contributed by atoms with Crippen LogP contribution in [-0.4, -0.2) is 21.9 Å². The Labute approximate surface area is 197 Å². The largest absolute Gasteiger partial charge is 0.416 e. The highest BCUT2D eigenvalue weighted by Crippen LogP contribution is 2.36. The number of benzene rings is 2. The van der Waals surface area contributed by atoms with Gasteiger partial charge in [-0.15, -0.1) is 0 Å². The molecule has 0 unspecified atom stereocenters. The molecule has 2 aromatic carbocycles. The molecule has 1 amide bonds. The highest BCUT2D eigenvalue weighted by Gasteiger charge is 2.38. The van der Waals surface area contributed by atoms with Crippen LogP contribution >= 0.6 is 11.6 Å². The van der Waals surface area contributed by atoms with E-state index in [0.717, 1.165) is 5.56 Å². The number of amides is 1. The predicted molar refractivity (Wildman–Crippen MR) is 116 cm³/mol. The van der Waals surface area contributed by atoms with Crippen molar-refractivity contribution in [2.75, 3.05) is 6.54 Å². The molecule has 34 heavy (non-hydrogen) atoms. The SMILES string of the molecule is CCCN(Cc1cccn1Cc1cccc(Cl)c1)C(=O)c1cc(C(F)(F)F)cc(C(F)(F)F)c1. The van der Waals surface area contributed by atoms with Crippen LogP contribution in [0.2, 0.25) is 5.02 Å². The molecule has 182 valence electrons. The van der Waals surface area contributed by atoms with Crippen molar-refractivity contribution in [3.63, 3.8) is 0 Å². The van der Waals surface area contributed by atoms with E-state index in [1.807, 2.05) is 10.6 Å². The molecule has 0 saturated carbocycles. The Morgan fingerprint density at radius 3 is 2.15 bits per heavy atom. The molecule has 1 heterocycles. The lowest BCUT2D eigenvalue weighted by molar-refractivity contribution is -0.143. The van der Waals surface area contributed by atoms with Crippen molar-refractivity contribution >= 4 is 17.5 Å². The number of carbonyl (C=O) groups is 1. The fourth-order valence-electron chi connectivity index (χ4n) is 3.56. The zero-order valence-electron chi connectivity index (χ0n) is 18.1. The number of halogens is 7. The van der Waals surface area contributed by atoms with E-state index < -0.39 is 35.0 Å². The summed E-state index contributed by atoms with van der Waals surface area (Å²) in [6.07, 6.45) is -7.82. The van der Waals surface area contributed by atoms with E-state index in [1.54, 1.807) is 43.5 Å². The summed E-state index contributed by atoms with van der Waals surface area (Å²) in [4.78, 5) is 14.3. The van der Waals surface area contributed by atoms with Crippen LogP contribution in [0.15, 0.2) is 60.8 Å². The highest BCUT2D eigenvalue weighted by atomic mass is 35.5. The molecule has 0 spiro atoms. The first-order valence-electron chi connectivity index (χ1n) is 10.4. The van der Waals surface area contributed by atoms with Crippen LogP contribution in [0.3, 0.4) is 0 Å². The lowest BCUT2D eigenvalue weighted by Gasteiger charge is -2.24. The maximum Gasteiger partial charge on any atom is 0.416 e. The summed E-state index contributed by atoms with van der Waals surface area (Å²) in [5, 5.41) is 0.555. The van der Waals surface area contributed by atoms with Crippen molar-refractivity contribution in [2.24, 2.45) is 0 Å². The second-order valence-corrected chi connectivity index (χ2v) is 8.22. The van der Waals surface area contributed by atoms with E-state index in [4.69, 9.17) is 11.6 Å². The molecule has 1 aromatic heterocycles. The second kappa shape index (κ2) is 10.1. The Morgan fingerprint density at radius 2 is 1.59 bits per heavy atom. The third-order valence-corrected chi connectivity index (χ3v) is 5.37. The van der Waals surface area contributed by atoms with Crippen LogP contribution in [0, 0.1) is 0 Å². The molecule has 0 bridgehead atoms. The standard InChI is InChI=1S/C24H21ClF6N2O/c1-2-8-33(15-21-7-4-9-32(21)14-16-5-3-6-20(25)10-16)22(34)17-11-18(23(26,27)28)13-19(12-17)24(29,30)31/h3-7,9-13H,2,8,14-15H2,1H3. The first-order chi connectivity index (χ1) is 15.9. The maximum absolute atomic E-state index is 13.2. The minimum atomic E-state index is -5.03. The van der Waals surface area contributed by atoms with Gasteiger partial charge in [0.1, 0.15) is 0 Å². The van der Waals surface area contributed by atoms with Crippen molar-refractivity contribution in [1.82, 2.24) is 9.47 Å². The number of hydrogen-bond donors (Lipinski definition) is 0. The molecular weight excluding hydrogens is 482 g/mol. The van der Waals surface area contributed by atoms with Crippen LogP contribution in [0.4, 0.5) is 26.3 Å². The quantitative estimate of drug-likeness (QED) is 0.312. The lowest BCUT2D eigenvalue weighted by Crippen LogP contribution is -2.32. The zero-order chi connectivity index (χ0) is 25.1. The Morgan fingerprint density at radius 1 is 0.941 bits per heavy atom. The molecule has 0 aliphatic carbocycles. The van der Waals surface area contributed by atoms with Crippen molar-refractivity contribution in [3.8, 4) is 0 Å². The first kappa shape index (κ1) is 25.7. The molecule has 0 aliphatic heterocycles. The molecule has 3 nitrogen and oxygen atoms in total. The average Bonchev–Trinajstić information content (AvgIpc) is 3.18. The number of carbonyl (C=O) groups excluding carboxylic acids is 1. The number of nitrogens with zero attached hydrogens (tertiary/aromatic N) is 2. The van der Waals surface area contributed by atoms with Crippen molar-refractivity contribution in [1.29, 1.82) is 0 Å². The second-order valence-electron chi connectivity index (χ2n) is 7.78. The summed E-state index contributed by atoms with van der Waals surface area (Å²) < 4.78 is 81.3. The first-order valence-corrected chi connectivity index (χ1v) is 10.7. The molecule has 3 aromatic rings. The van der Waals surface area contributed by atoms with E-state index in [0.29, 0.717) is 35.8 Å². The van der Waals surface area contributed by atoms with Gasteiger partial charge in [-0.25, -0.2) is 0 Å². The van der Waals surface area contributed by atoms with Crippen molar-refractivity contribution in [2.45, 2.75) is 38.8 Å². The Bertz CT molecular complexity index is 1120. The van der Waals surface area contributed by atoms with Crippen LogP contribution < -0.4 is 0 Å². The summed E-state index contributed by atoms with van der Waals surface area (Å²) in [5.74, 6) is -0.908. The van der Waals surface area contributed by atoms with Gasteiger partial charge in [-0.05, 0) is 54.4 Å². The minimum absolute atomic E-state index is 0.0110. The Kier molecular flexibility index (Phi) is 7.65. The highest BCUT2D eigenvalue weighted by molar-refractivity contribution is 6.30. The summed E-state index contributed by atoms with van der Waals surface area (Å²) >= 11 is 6.03. The van der Waals surface area contributed by atoms with Gasteiger partial charge in [0.15, 0.2) is 0 Å². The fraction of sp³-hybridized carbons (Fsp3) is 0.292. The van der Waals surface area contributed by atoms with E-state index in [2.05, 4.69) is 0 Å². The smallest absolute Gasteiger partial charge is 0.345 e. The lowest BCUT2D eigenvalue weighted by atomic mass is 10.0. The van der Waals surface area contributed by atoms with Gasteiger partial charge in [0.25, 0.3) is 5.91 Å². The van der Waals surface area contributed by atoms with Crippen LogP contribution in [0.25, 0.3) is 0 Å². The number of hydrogen-bond acceptors (Lipinski definition) is 1. The van der Waals surface area contributed by atoms with Gasteiger partial charge < -0.3 is 9.47 Å². The van der Waals surface area contributed by atoms with Crippen molar-refractivity contribution < 1.29 is 31.1 Å². The number of aromatic nitrogens is 1. The van der Waals surface area contributed by atoms with E-state index in [1.165, 1.54) is 4.90 Å². The van der Waals surface area contributed by atoms with Gasteiger partial charge in [0.05, 0.1) is 17.7 Å². The molecule has 0 radical (unpaired) electrons. The molecule has 0 atom stereocenters. The Hall–Kier alpha value is -2.94. The number of alkyl halides is 6. The zero-order valence-corrected chi connectivity index (χ0v) is 18.8. The van der Waals surface area contributed by atoms with Gasteiger partial charge in [0.2, 0.25) is 0 Å². The van der Waals surface area contributed by atoms with E-state index in [-0.39, 0.29) is 19.2 Å². The molecule has 10 heteroatoms. The summed E-state index contributed by atoms with van der Waals surface area (Å²) in [7, 11) is 0. The predicted octanol–water partition coefficient (Wildman–Crippen LogP) is 7.28. The van der Waals surface area contributed by atoms with Crippen molar-refractivity contribution in [3.05, 3.63) is 93.8 Å². The van der Waals surface area contributed by atoms with Gasteiger partial charge in [-0.3, -0.25) is 4.79 Å². The van der Waals surface area contributed by atoms with Gasteiger partial charge in [0, 0.05) is 35.6 Å². The minimum Gasteiger partial charge on any atom is -0.345 e. The molecular formula is C24H21ClF6N2O. The number of rotatable bonds is 7. The summed E-state index contributed by atoms with van der Waals surface area (Å²) in [6.45, 7) is 2.36. The van der Waals surface area contributed by atoms with Crippen LogP contribution in [-0.2, 0) is 25.4 Å².